The standard InChI is InChI=1S/C15H20ClNO2/c1-19-11-10-17-14(18)15(8-2-3-9-15)12-4-6-13(16)7-5-12/h4-7H,2-3,8-11H2,1H3,(H,17,18). The van der Waals surface area contributed by atoms with E-state index in [2.05, 4.69) is 5.32 Å². The number of carbonyl (C=O) groups is 1. The molecule has 4 heteroatoms. The molecule has 3 nitrogen and oxygen atoms in total. The SMILES string of the molecule is COCCNC(=O)C1(c2ccc(Cl)cc2)CCCC1. The summed E-state index contributed by atoms with van der Waals surface area (Å²) in [7, 11) is 1.64. The Kier molecular flexibility index (Phi) is 4.83. The number of nitrogens with one attached hydrogen (secondary N) is 1. The molecule has 1 fully saturated rings. The van der Waals surface area contributed by atoms with Crippen LogP contribution < -0.4 is 5.32 Å². The number of carbonyl (C=O) groups excluding carboxylic acids is 1. The van der Waals surface area contributed by atoms with Gasteiger partial charge >= 0.3 is 0 Å². The molecule has 1 amide bonds. The molecule has 1 aliphatic carbocycles. The number of methoxy groups -OCH3 is 1. The smallest absolute Gasteiger partial charge is 0.230 e. The molecular weight excluding hydrogens is 262 g/mol. The van der Waals surface area contributed by atoms with Crippen LogP contribution in [0, 0.1) is 0 Å². The topological polar surface area (TPSA) is 38.3 Å². The van der Waals surface area contributed by atoms with Crippen molar-refractivity contribution < 1.29 is 9.53 Å². The Labute approximate surface area is 119 Å². The summed E-state index contributed by atoms with van der Waals surface area (Å²) in [6, 6.07) is 7.67. The normalized spacial score (nSPS) is 17.4. The van der Waals surface area contributed by atoms with E-state index in [0.717, 1.165) is 31.2 Å². The molecule has 104 valence electrons. The van der Waals surface area contributed by atoms with Crippen molar-refractivity contribution in [2.24, 2.45) is 0 Å². The molecular formula is C15H20ClNO2. The quantitative estimate of drug-likeness (QED) is 0.843. The maximum Gasteiger partial charge on any atom is 0.230 e. The zero-order valence-electron chi connectivity index (χ0n) is 11.2. The van der Waals surface area contributed by atoms with Crippen molar-refractivity contribution in [1.82, 2.24) is 5.32 Å². The Morgan fingerprint density at radius 2 is 1.95 bits per heavy atom. The summed E-state index contributed by atoms with van der Waals surface area (Å²) >= 11 is 5.93. The summed E-state index contributed by atoms with van der Waals surface area (Å²) in [6.07, 6.45) is 4.02. The molecule has 0 heterocycles. The number of ether oxygens (including phenoxy) is 1. The number of rotatable bonds is 5. The molecule has 2 rings (SSSR count). The van der Waals surface area contributed by atoms with Gasteiger partial charge in [-0.15, -0.1) is 0 Å². The molecule has 0 spiro atoms. The Balaban J connectivity index is 2.17. The summed E-state index contributed by atoms with van der Waals surface area (Å²) in [6.45, 7) is 1.10. The van der Waals surface area contributed by atoms with Crippen LogP contribution in [0.15, 0.2) is 24.3 Å². The molecule has 1 aliphatic rings. The molecule has 1 saturated carbocycles. The van der Waals surface area contributed by atoms with E-state index >= 15 is 0 Å². The van der Waals surface area contributed by atoms with Crippen LogP contribution in [0.5, 0.6) is 0 Å². The van der Waals surface area contributed by atoms with E-state index in [1.165, 1.54) is 0 Å². The maximum atomic E-state index is 12.5. The van der Waals surface area contributed by atoms with Gasteiger partial charge in [0.05, 0.1) is 12.0 Å². The van der Waals surface area contributed by atoms with Gasteiger partial charge in [0.1, 0.15) is 0 Å². The predicted octanol–water partition coefficient (Wildman–Crippen LogP) is 2.91. The van der Waals surface area contributed by atoms with Crippen molar-refractivity contribution in [1.29, 1.82) is 0 Å². The molecule has 19 heavy (non-hydrogen) atoms. The largest absolute Gasteiger partial charge is 0.383 e. The van der Waals surface area contributed by atoms with Crippen LogP contribution in [0.25, 0.3) is 0 Å². The van der Waals surface area contributed by atoms with Gasteiger partial charge in [-0.1, -0.05) is 36.6 Å². The molecule has 0 aromatic heterocycles. The third kappa shape index (κ3) is 3.10. The fourth-order valence-electron chi connectivity index (χ4n) is 2.83. The minimum atomic E-state index is -0.377. The zero-order valence-corrected chi connectivity index (χ0v) is 12.0. The molecule has 0 radical (unpaired) electrons. The first-order valence-corrected chi connectivity index (χ1v) is 7.10. The van der Waals surface area contributed by atoms with Crippen molar-refractivity contribution >= 4 is 17.5 Å². The van der Waals surface area contributed by atoms with E-state index < -0.39 is 0 Å². The molecule has 0 unspecified atom stereocenters. The summed E-state index contributed by atoms with van der Waals surface area (Å²) in [4.78, 5) is 12.5. The molecule has 0 atom stereocenters. The van der Waals surface area contributed by atoms with Gasteiger partial charge in [0, 0.05) is 18.7 Å². The van der Waals surface area contributed by atoms with Gasteiger partial charge in [0.25, 0.3) is 0 Å². The summed E-state index contributed by atoms with van der Waals surface area (Å²) in [5.74, 6) is 0.115. The first kappa shape index (κ1) is 14.4. The van der Waals surface area contributed by atoms with Crippen LogP contribution in [0.3, 0.4) is 0 Å². The molecule has 1 aromatic rings. The van der Waals surface area contributed by atoms with E-state index in [4.69, 9.17) is 16.3 Å². The predicted molar refractivity (Wildman–Crippen MR) is 76.5 cm³/mol. The van der Waals surface area contributed by atoms with Gasteiger partial charge < -0.3 is 10.1 Å². The fourth-order valence-corrected chi connectivity index (χ4v) is 2.96. The highest BCUT2D eigenvalue weighted by atomic mass is 35.5. The number of benzene rings is 1. The van der Waals surface area contributed by atoms with Crippen molar-refractivity contribution in [3.63, 3.8) is 0 Å². The molecule has 0 aliphatic heterocycles. The zero-order chi connectivity index (χ0) is 13.7. The minimum Gasteiger partial charge on any atom is -0.383 e. The lowest BCUT2D eigenvalue weighted by molar-refractivity contribution is -0.126. The number of hydrogen-bond donors (Lipinski definition) is 1. The van der Waals surface area contributed by atoms with Crippen LogP contribution in [0.4, 0.5) is 0 Å². The van der Waals surface area contributed by atoms with Gasteiger partial charge in [-0.2, -0.15) is 0 Å². The third-order valence-corrected chi connectivity index (χ3v) is 4.13. The van der Waals surface area contributed by atoms with E-state index in [1.54, 1.807) is 7.11 Å². The van der Waals surface area contributed by atoms with E-state index in [-0.39, 0.29) is 11.3 Å². The van der Waals surface area contributed by atoms with Gasteiger partial charge in [0.15, 0.2) is 0 Å². The van der Waals surface area contributed by atoms with E-state index in [1.807, 2.05) is 24.3 Å². The van der Waals surface area contributed by atoms with E-state index in [9.17, 15) is 4.79 Å². The van der Waals surface area contributed by atoms with Gasteiger partial charge in [0.2, 0.25) is 5.91 Å². The van der Waals surface area contributed by atoms with Crippen molar-refractivity contribution in [3.8, 4) is 0 Å². The second kappa shape index (κ2) is 6.40. The number of halogens is 1. The lowest BCUT2D eigenvalue weighted by Crippen LogP contribution is -2.43. The summed E-state index contributed by atoms with van der Waals surface area (Å²) < 4.78 is 4.98. The number of amides is 1. The van der Waals surface area contributed by atoms with Crippen molar-refractivity contribution in [2.75, 3.05) is 20.3 Å². The monoisotopic (exact) mass is 281 g/mol. The van der Waals surface area contributed by atoms with Crippen LogP contribution in [-0.2, 0) is 14.9 Å². The second-order valence-corrected chi connectivity index (χ2v) is 5.48. The van der Waals surface area contributed by atoms with Crippen LogP contribution in [0.2, 0.25) is 5.02 Å². The van der Waals surface area contributed by atoms with Crippen LogP contribution in [0.1, 0.15) is 31.2 Å². The lowest BCUT2D eigenvalue weighted by atomic mass is 9.78. The summed E-state index contributed by atoms with van der Waals surface area (Å²) in [5.41, 5.74) is 0.697. The lowest BCUT2D eigenvalue weighted by Gasteiger charge is -2.28. The maximum absolute atomic E-state index is 12.5. The first-order valence-electron chi connectivity index (χ1n) is 6.72. The summed E-state index contributed by atoms with van der Waals surface area (Å²) in [5, 5.41) is 3.69. The fraction of sp³-hybridized carbons (Fsp3) is 0.533. The Morgan fingerprint density at radius 3 is 2.53 bits per heavy atom. The van der Waals surface area contributed by atoms with Gasteiger partial charge in [-0.3, -0.25) is 4.79 Å². The molecule has 0 bridgehead atoms. The highest BCUT2D eigenvalue weighted by Crippen LogP contribution is 2.41. The van der Waals surface area contributed by atoms with Crippen LogP contribution in [-0.4, -0.2) is 26.2 Å². The average molecular weight is 282 g/mol. The molecule has 1 N–H and O–H groups in total. The van der Waals surface area contributed by atoms with Crippen molar-refractivity contribution in [2.45, 2.75) is 31.1 Å². The first-order chi connectivity index (χ1) is 9.19. The van der Waals surface area contributed by atoms with Crippen LogP contribution >= 0.6 is 11.6 Å². The highest BCUT2D eigenvalue weighted by molar-refractivity contribution is 6.30. The molecule has 1 aromatic carbocycles. The Morgan fingerprint density at radius 1 is 1.32 bits per heavy atom. The third-order valence-electron chi connectivity index (χ3n) is 3.88. The van der Waals surface area contributed by atoms with Gasteiger partial charge in [-0.05, 0) is 30.5 Å². The highest BCUT2D eigenvalue weighted by Gasteiger charge is 2.42. The Hall–Kier alpha value is -1.06. The van der Waals surface area contributed by atoms with Gasteiger partial charge in [-0.25, -0.2) is 0 Å². The van der Waals surface area contributed by atoms with Crippen molar-refractivity contribution in [3.05, 3.63) is 34.9 Å². The second-order valence-electron chi connectivity index (χ2n) is 5.04. The molecule has 0 saturated heterocycles. The van der Waals surface area contributed by atoms with E-state index in [0.29, 0.717) is 18.2 Å². The Bertz CT molecular complexity index is 424. The number of hydrogen-bond acceptors (Lipinski definition) is 2. The minimum absolute atomic E-state index is 0.115. The average Bonchev–Trinajstić information content (AvgIpc) is 2.90.